The van der Waals surface area contributed by atoms with E-state index in [2.05, 4.69) is 5.32 Å². The van der Waals surface area contributed by atoms with Gasteiger partial charge in [0.2, 0.25) is 0 Å². The van der Waals surface area contributed by atoms with Gasteiger partial charge in [-0.25, -0.2) is 18.0 Å². The highest BCUT2D eigenvalue weighted by Gasteiger charge is 2.28. The molecule has 2 N–H and O–H groups in total. The van der Waals surface area contributed by atoms with Gasteiger partial charge in [-0.2, -0.15) is 0 Å². The lowest BCUT2D eigenvalue weighted by Crippen LogP contribution is -2.45. The Balaban J connectivity index is 2.38. The zero-order valence-electron chi connectivity index (χ0n) is 14.3. The number of carbonyl (C=O) groups is 2. The Labute approximate surface area is 148 Å². The van der Waals surface area contributed by atoms with E-state index in [0.717, 1.165) is 29.2 Å². The van der Waals surface area contributed by atoms with Crippen LogP contribution < -0.4 is 10.2 Å². The van der Waals surface area contributed by atoms with E-state index >= 15 is 0 Å². The molecule has 0 aliphatic rings. The van der Waals surface area contributed by atoms with Gasteiger partial charge >= 0.3 is 6.09 Å². The van der Waals surface area contributed by atoms with E-state index < -0.39 is 35.0 Å². The van der Waals surface area contributed by atoms with E-state index in [9.17, 15) is 27.9 Å². The Morgan fingerprint density at radius 1 is 1.00 bits per heavy atom. The van der Waals surface area contributed by atoms with Gasteiger partial charge in [-0.1, -0.05) is 0 Å². The first-order valence-corrected chi connectivity index (χ1v) is 7.59. The summed E-state index contributed by atoms with van der Waals surface area (Å²) in [6.45, 7) is 4.95. The minimum Gasteiger partial charge on any atom is -0.465 e. The average molecular weight is 366 g/mol. The van der Waals surface area contributed by atoms with Gasteiger partial charge in [-0.05, 0) is 51.1 Å². The monoisotopic (exact) mass is 366 g/mol. The molecule has 0 atom stereocenters. The molecule has 0 radical (unpaired) electrons. The highest BCUT2D eigenvalue weighted by molar-refractivity contribution is 6.04. The number of hydrogen-bond acceptors (Lipinski definition) is 2. The Bertz CT molecular complexity index is 843. The summed E-state index contributed by atoms with van der Waals surface area (Å²) < 4.78 is 40.5. The van der Waals surface area contributed by atoms with Crippen molar-refractivity contribution in [3.05, 3.63) is 59.4 Å². The molecule has 2 aromatic rings. The number of carbonyl (C=O) groups excluding carboxylic acids is 1. The third-order valence-corrected chi connectivity index (χ3v) is 3.44. The standard InChI is InChI=1S/C18H17F3N2O3/c1-18(2,3)23(17(25)26)13-4-5-14(21)15(9-13)22-16(24)10-6-11(19)8-12(20)7-10/h4-9H,1-3H3,(H,22,24)(H,25,26). The van der Waals surface area contributed by atoms with E-state index in [4.69, 9.17) is 0 Å². The number of nitrogens with zero attached hydrogens (tertiary/aromatic N) is 1. The largest absolute Gasteiger partial charge is 0.465 e. The molecule has 0 saturated carbocycles. The lowest BCUT2D eigenvalue weighted by Gasteiger charge is -2.33. The zero-order chi connectivity index (χ0) is 19.6. The molecule has 26 heavy (non-hydrogen) atoms. The second kappa shape index (κ2) is 7.07. The summed E-state index contributed by atoms with van der Waals surface area (Å²) in [6, 6.07) is 5.61. The highest BCUT2D eigenvalue weighted by Crippen LogP contribution is 2.28. The molecule has 0 aliphatic carbocycles. The number of hydrogen-bond donors (Lipinski definition) is 2. The molecule has 0 heterocycles. The van der Waals surface area contributed by atoms with Gasteiger partial charge in [0, 0.05) is 22.9 Å². The lowest BCUT2D eigenvalue weighted by atomic mass is 10.1. The van der Waals surface area contributed by atoms with E-state index in [1.54, 1.807) is 20.8 Å². The molecule has 0 aliphatic heterocycles. The van der Waals surface area contributed by atoms with Crippen LogP contribution >= 0.6 is 0 Å². The second-order valence-corrected chi connectivity index (χ2v) is 6.57. The van der Waals surface area contributed by atoms with E-state index in [-0.39, 0.29) is 16.9 Å². The van der Waals surface area contributed by atoms with E-state index in [0.29, 0.717) is 6.07 Å². The second-order valence-electron chi connectivity index (χ2n) is 6.57. The van der Waals surface area contributed by atoms with Crippen LogP contribution in [0.3, 0.4) is 0 Å². The van der Waals surface area contributed by atoms with Crippen molar-refractivity contribution in [1.29, 1.82) is 0 Å². The van der Waals surface area contributed by atoms with E-state index in [1.807, 2.05) is 0 Å². The first-order valence-electron chi connectivity index (χ1n) is 7.59. The molecule has 0 unspecified atom stereocenters. The predicted molar refractivity (Wildman–Crippen MR) is 91.0 cm³/mol. The summed E-state index contributed by atoms with van der Waals surface area (Å²) in [5.74, 6) is -3.65. The fraction of sp³-hybridized carbons (Fsp3) is 0.222. The first-order chi connectivity index (χ1) is 12.0. The quantitative estimate of drug-likeness (QED) is 0.831. The van der Waals surface area contributed by atoms with Crippen LogP contribution in [-0.4, -0.2) is 22.6 Å². The van der Waals surface area contributed by atoms with Crippen LogP contribution in [0.1, 0.15) is 31.1 Å². The minimum atomic E-state index is -1.26. The van der Waals surface area contributed by atoms with Gasteiger partial charge in [-0.15, -0.1) is 0 Å². The molecule has 138 valence electrons. The van der Waals surface area contributed by atoms with Crippen LogP contribution in [0.15, 0.2) is 36.4 Å². The summed E-state index contributed by atoms with van der Waals surface area (Å²) >= 11 is 0. The first kappa shape index (κ1) is 19.3. The molecule has 0 spiro atoms. The van der Waals surface area contributed by atoms with Crippen molar-refractivity contribution in [2.45, 2.75) is 26.3 Å². The maximum atomic E-state index is 14.0. The maximum absolute atomic E-state index is 14.0. The number of carboxylic acid groups (broad SMARTS) is 1. The van der Waals surface area contributed by atoms with Crippen LogP contribution in [0, 0.1) is 17.5 Å². The third kappa shape index (κ3) is 4.33. The van der Waals surface area contributed by atoms with Gasteiger partial charge in [0.15, 0.2) is 0 Å². The maximum Gasteiger partial charge on any atom is 0.412 e. The molecule has 2 aromatic carbocycles. The van der Waals surface area contributed by atoms with Crippen LogP contribution in [0.25, 0.3) is 0 Å². The molecule has 0 saturated heterocycles. The molecule has 0 fully saturated rings. The molecule has 0 aromatic heterocycles. The average Bonchev–Trinajstić information content (AvgIpc) is 2.47. The minimum absolute atomic E-state index is 0.132. The van der Waals surface area contributed by atoms with Gasteiger partial charge in [0.1, 0.15) is 17.5 Å². The fourth-order valence-electron chi connectivity index (χ4n) is 2.41. The van der Waals surface area contributed by atoms with Gasteiger partial charge in [0.05, 0.1) is 5.69 Å². The summed E-state index contributed by atoms with van der Waals surface area (Å²) in [5, 5.41) is 11.6. The number of rotatable bonds is 3. The van der Waals surface area contributed by atoms with Crippen molar-refractivity contribution in [2.24, 2.45) is 0 Å². The van der Waals surface area contributed by atoms with Crippen LogP contribution in [0.2, 0.25) is 0 Å². The van der Waals surface area contributed by atoms with Crippen molar-refractivity contribution in [3.63, 3.8) is 0 Å². The highest BCUT2D eigenvalue weighted by atomic mass is 19.1. The molecule has 0 bridgehead atoms. The topological polar surface area (TPSA) is 69.6 Å². The van der Waals surface area contributed by atoms with Crippen molar-refractivity contribution < 1.29 is 27.9 Å². The molecule has 2 amide bonds. The number of anilines is 2. The molecule has 5 nitrogen and oxygen atoms in total. The molecular weight excluding hydrogens is 349 g/mol. The molecule has 8 heteroatoms. The summed E-state index contributed by atoms with van der Waals surface area (Å²) in [5.41, 5.74) is -1.34. The molecular formula is C18H17F3N2O3. The van der Waals surface area contributed by atoms with Crippen molar-refractivity contribution >= 4 is 23.4 Å². The smallest absolute Gasteiger partial charge is 0.412 e. The normalized spacial score (nSPS) is 11.2. The number of halogens is 3. The van der Waals surface area contributed by atoms with Crippen molar-refractivity contribution in [1.82, 2.24) is 0 Å². The molecule has 2 rings (SSSR count). The van der Waals surface area contributed by atoms with Crippen LogP contribution in [0.4, 0.5) is 29.3 Å². The van der Waals surface area contributed by atoms with Crippen LogP contribution in [0.5, 0.6) is 0 Å². The number of benzene rings is 2. The summed E-state index contributed by atoms with van der Waals surface area (Å²) in [7, 11) is 0. The van der Waals surface area contributed by atoms with Gasteiger partial charge in [-0.3, -0.25) is 9.69 Å². The van der Waals surface area contributed by atoms with Gasteiger partial charge in [0.25, 0.3) is 5.91 Å². The van der Waals surface area contributed by atoms with E-state index in [1.165, 1.54) is 6.07 Å². The van der Waals surface area contributed by atoms with Crippen molar-refractivity contribution in [3.8, 4) is 0 Å². The Morgan fingerprint density at radius 2 is 1.58 bits per heavy atom. The number of nitrogens with one attached hydrogen (secondary N) is 1. The van der Waals surface area contributed by atoms with Crippen LogP contribution in [-0.2, 0) is 0 Å². The Morgan fingerprint density at radius 3 is 2.08 bits per heavy atom. The summed E-state index contributed by atoms with van der Waals surface area (Å²) in [4.78, 5) is 24.7. The zero-order valence-corrected chi connectivity index (χ0v) is 14.3. The van der Waals surface area contributed by atoms with Crippen molar-refractivity contribution in [2.75, 3.05) is 10.2 Å². The summed E-state index contributed by atoms with van der Waals surface area (Å²) in [6.07, 6.45) is -1.26. The Hall–Kier alpha value is -3.03. The SMILES string of the molecule is CC(C)(C)N(C(=O)O)c1ccc(F)c(NC(=O)c2cc(F)cc(F)c2)c1. The fourth-order valence-corrected chi connectivity index (χ4v) is 2.41. The third-order valence-electron chi connectivity index (χ3n) is 3.44. The number of amides is 2. The lowest BCUT2D eigenvalue weighted by molar-refractivity contribution is 0.102. The predicted octanol–water partition coefficient (Wildman–Crippen LogP) is 4.64. The Kier molecular flexibility index (Phi) is 5.25. The van der Waals surface area contributed by atoms with Gasteiger partial charge < -0.3 is 10.4 Å².